The molecule has 0 saturated carbocycles. The lowest BCUT2D eigenvalue weighted by Gasteiger charge is -2.26. The monoisotopic (exact) mass is 262 g/mol. The Morgan fingerprint density at radius 2 is 1.84 bits per heavy atom. The predicted molar refractivity (Wildman–Crippen MR) is 75.3 cm³/mol. The fourth-order valence-corrected chi connectivity index (χ4v) is 2.40. The molecule has 0 spiro atoms. The van der Waals surface area contributed by atoms with Crippen LogP contribution in [0.5, 0.6) is 0 Å². The summed E-state index contributed by atoms with van der Waals surface area (Å²) in [7, 11) is 0. The number of carbonyl (C=O) groups excluding carboxylic acids is 1. The van der Waals surface area contributed by atoms with E-state index in [0.717, 1.165) is 44.8 Å². The molecule has 0 atom stereocenters. The van der Waals surface area contributed by atoms with Crippen LogP contribution in [0.4, 0.5) is 5.82 Å². The predicted octanol–water partition coefficient (Wildman–Crippen LogP) is 1.95. The fraction of sp³-hybridized carbons (Fsp3) is 0.643. The van der Waals surface area contributed by atoms with E-state index in [1.165, 1.54) is 6.42 Å². The van der Waals surface area contributed by atoms with Crippen molar-refractivity contribution in [1.82, 2.24) is 14.9 Å². The molecule has 0 aromatic carbocycles. The van der Waals surface area contributed by atoms with Gasteiger partial charge in [0.1, 0.15) is 11.5 Å². The zero-order valence-corrected chi connectivity index (χ0v) is 11.8. The van der Waals surface area contributed by atoms with E-state index in [1.807, 2.05) is 4.90 Å². The van der Waals surface area contributed by atoms with E-state index in [0.29, 0.717) is 5.69 Å². The molecule has 1 aromatic heterocycles. The molecular formula is C14H22N4O. The number of rotatable bonds is 4. The summed E-state index contributed by atoms with van der Waals surface area (Å²) in [5, 5.41) is 0. The number of nitrogens with zero attached hydrogens (tertiary/aromatic N) is 4. The summed E-state index contributed by atoms with van der Waals surface area (Å²) in [6.45, 7) is 7.64. The number of hydrogen-bond donors (Lipinski definition) is 0. The Morgan fingerprint density at radius 3 is 2.37 bits per heavy atom. The molecule has 1 saturated heterocycles. The number of piperidine rings is 1. The number of aromatic nitrogens is 2. The maximum atomic E-state index is 12.2. The van der Waals surface area contributed by atoms with Gasteiger partial charge in [-0.2, -0.15) is 0 Å². The molecule has 0 radical (unpaired) electrons. The van der Waals surface area contributed by atoms with Crippen LogP contribution in [0.15, 0.2) is 12.4 Å². The lowest BCUT2D eigenvalue weighted by Crippen LogP contribution is -2.36. The van der Waals surface area contributed by atoms with Gasteiger partial charge < -0.3 is 9.80 Å². The highest BCUT2D eigenvalue weighted by Gasteiger charge is 2.19. The highest BCUT2D eigenvalue weighted by Crippen LogP contribution is 2.13. The molecule has 104 valence electrons. The lowest BCUT2D eigenvalue weighted by molar-refractivity contribution is 0.0718. The van der Waals surface area contributed by atoms with Crippen molar-refractivity contribution >= 4 is 11.7 Å². The summed E-state index contributed by atoms with van der Waals surface area (Å²) in [6.07, 6.45) is 6.71. The van der Waals surface area contributed by atoms with Gasteiger partial charge in [-0.3, -0.25) is 4.79 Å². The van der Waals surface area contributed by atoms with E-state index >= 15 is 0 Å². The van der Waals surface area contributed by atoms with Crippen molar-refractivity contribution in [3.63, 3.8) is 0 Å². The van der Waals surface area contributed by atoms with Crippen LogP contribution >= 0.6 is 0 Å². The van der Waals surface area contributed by atoms with Gasteiger partial charge in [0.25, 0.3) is 5.91 Å². The Balaban J connectivity index is 2.06. The minimum absolute atomic E-state index is 0.0123. The normalized spacial score (nSPS) is 15.4. The molecule has 5 nitrogen and oxygen atoms in total. The molecule has 0 bridgehead atoms. The van der Waals surface area contributed by atoms with Crippen molar-refractivity contribution < 1.29 is 4.79 Å². The van der Waals surface area contributed by atoms with Crippen LogP contribution in [-0.4, -0.2) is 47.0 Å². The van der Waals surface area contributed by atoms with E-state index in [4.69, 9.17) is 0 Å². The fourth-order valence-electron chi connectivity index (χ4n) is 2.40. The van der Waals surface area contributed by atoms with Crippen LogP contribution in [0.1, 0.15) is 43.6 Å². The molecule has 0 aliphatic carbocycles. The number of amides is 1. The van der Waals surface area contributed by atoms with Gasteiger partial charge in [0.15, 0.2) is 0 Å². The summed E-state index contributed by atoms with van der Waals surface area (Å²) < 4.78 is 0. The largest absolute Gasteiger partial charge is 0.356 e. The average Bonchev–Trinajstić information content (AvgIpc) is 2.49. The maximum Gasteiger partial charge on any atom is 0.274 e. The smallest absolute Gasteiger partial charge is 0.274 e. The first-order valence-electron chi connectivity index (χ1n) is 7.12. The number of anilines is 1. The van der Waals surface area contributed by atoms with Crippen LogP contribution in [0.3, 0.4) is 0 Å². The van der Waals surface area contributed by atoms with Crippen LogP contribution in [-0.2, 0) is 0 Å². The third-order valence-electron chi connectivity index (χ3n) is 3.59. The highest BCUT2D eigenvalue weighted by molar-refractivity contribution is 5.92. The van der Waals surface area contributed by atoms with Crippen molar-refractivity contribution in [2.45, 2.75) is 33.1 Å². The Labute approximate surface area is 114 Å². The third-order valence-corrected chi connectivity index (χ3v) is 3.59. The first kappa shape index (κ1) is 13.8. The number of hydrogen-bond acceptors (Lipinski definition) is 4. The molecular weight excluding hydrogens is 240 g/mol. The maximum absolute atomic E-state index is 12.2. The third kappa shape index (κ3) is 3.22. The van der Waals surface area contributed by atoms with Crippen LogP contribution < -0.4 is 4.90 Å². The van der Waals surface area contributed by atoms with E-state index in [9.17, 15) is 4.79 Å². The van der Waals surface area contributed by atoms with Gasteiger partial charge in [0, 0.05) is 26.2 Å². The van der Waals surface area contributed by atoms with Crippen molar-refractivity contribution in [3.8, 4) is 0 Å². The van der Waals surface area contributed by atoms with Crippen molar-refractivity contribution in [2.75, 3.05) is 31.1 Å². The number of carbonyl (C=O) groups is 1. The van der Waals surface area contributed by atoms with Crippen LogP contribution in [0.25, 0.3) is 0 Å². The Morgan fingerprint density at radius 1 is 1.16 bits per heavy atom. The Bertz CT molecular complexity index is 408. The minimum atomic E-state index is 0.0123. The van der Waals surface area contributed by atoms with E-state index in [-0.39, 0.29) is 5.91 Å². The molecule has 0 N–H and O–H groups in total. The van der Waals surface area contributed by atoms with Gasteiger partial charge in [0.05, 0.1) is 12.4 Å². The second-order valence-electron chi connectivity index (χ2n) is 4.78. The Hall–Kier alpha value is -1.65. The molecule has 1 aliphatic heterocycles. The number of likely N-dealkylation sites (tertiary alicyclic amines) is 1. The molecule has 2 heterocycles. The first-order chi connectivity index (χ1) is 9.26. The summed E-state index contributed by atoms with van der Waals surface area (Å²) in [6, 6.07) is 0. The SMILES string of the molecule is CCN(CC)c1cnc(C(=O)N2CCCCC2)cn1. The van der Waals surface area contributed by atoms with Gasteiger partial charge in [0.2, 0.25) is 0 Å². The van der Waals surface area contributed by atoms with E-state index in [1.54, 1.807) is 12.4 Å². The molecule has 1 aromatic rings. The van der Waals surface area contributed by atoms with Gasteiger partial charge in [-0.05, 0) is 33.1 Å². The second-order valence-corrected chi connectivity index (χ2v) is 4.78. The van der Waals surface area contributed by atoms with Gasteiger partial charge >= 0.3 is 0 Å². The van der Waals surface area contributed by atoms with E-state index in [2.05, 4.69) is 28.7 Å². The lowest BCUT2D eigenvalue weighted by atomic mass is 10.1. The van der Waals surface area contributed by atoms with Crippen LogP contribution in [0, 0.1) is 0 Å². The first-order valence-corrected chi connectivity index (χ1v) is 7.12. The molecule has 1 amide bonds. The average molecular weight is 262 g/mol. The standard InChI is InChI=1S/C14H22N4O/c1-3-17(4-2)13-11-15-12(10-16-13)14(19)18-8-6-5-7-9-18/h10-11H,3-9H2,1-2H3. The van der Waals surface area contributed by atoms with Gasteiger partial charge in [-0.15, -0.1) is 0 Å². The van der Waals surface area contributed by atoms with Crippen LogP contribution in [0.2, 0.25) is 0 Å². The minimum Gasteiger partial charge on any atom is -0.356 e. The van der Waals surface area contributed by atoms with Crippen molar-refractivity contribution in [2.24, 2.45) is 0 Å². The molecule has 2 rings (SSSR count). The van der Waals surface area contributed by atoms with Gasteiger partial charge in [-0.1, -0.05) is 0 Å². The molecule has 1 fully saturated rings. The highest BCUT2D eigenvalue weighted by atomic mass is 16.2. The molecule has 1 aliphatic rings. The van der Waals surface area contributed by atoms with Crippen molar-refractivity contribution in [3.05, 3.63) is 18.1 Å². The molecule has 19 heavy (non-hydrogen) atoms. The Kier molecular flexibility index (Phi) is 4.71. The van der Waals surface area contributed by atoms with Gasteiger partial charge in [-0.25, -0.2) is 9.97 Å². The summed E-state index contributed by atoms with van der Waals surface area (Å²) >= 11 is 0. The molecule has 5 heteroatoms. The van der Waals surface area contributed by atoms with Crippen molar-refractivity contribution in [1.29, 1.82) is 0 Å². The second kappa shape index (κ2) is 6.50. The van der Waals surface area contributed by atoms with E-state index < -0.39 is 0 Å². The zero-order valence-electron chi connectivity index (χ0n) is 11.8. The molecule has 0 unspecified atom stereocenters. The summed E-state index contributed by atoms with van der Waals surface area (Å²) in [5.74, 6) is 0.846. The quantitative estimate of drug-likeness (QED) is 0.832. The zero-order chi connectivity index (χ0) is 13.7. The summed E-state index contributed by atoms with van der Waals surface area (Å²) in [5.41, 5.74) is 0.456. The topological polar surface area (TPSA) is 49.3 Å². The summed E-state index contributed by atoms with van der Waals surface area (Å²) in [4.78, 5) is 24.9.